The van der Waals surface area contributed by atoms with Crippen LogP contribution < -0.4 is 0 Å². The summed E-state index contributed by atoms with van der Waals surface area (Å²) in [5, 5.41) is 0. The van der Waals surface area contributed by atoms with Gasteiger partial charge in [0.05, 0.1) is 6.61 Å². The lowest BCUT2D eigenvalue weighted by Crippen LogP contribution is -2.46. The Labute approximate surface area is 222 Å². The van der Waals surface area contributed by atoms with E-state index < -0.39 is 23.3 Å². The van der Waals surface area contributed by atoms with Crippen LogP contribution in [0, 0.1) is 23.7 Å². The van der Waals surface area contributed by atoms with Gasteiger partial charge in [0.1, 0.15) is 0 Å². The van der Waals surface area contributed by atoms with Crippen molar-refractivity contribution in [1.82, 2.24) is 0 Å². The lowest BCUT2D eigenvalue weighted by molar-refractivity contribution is -0.249. The molecule has 2 aliphatic carbocycles. The van der Waals surface area contributed by atoms with E-state index in [0.717, 1.165) is 17.1 Å². The number of alkyl halides is 4. The lowest BCUT2D eigenvalue weighted by atomic mass is 9.67. The second-order valence-corrected chi connectivity index (χ2v) is 12.0. The molecule has 3 rings (SSSR count). The van der Waals surface area contributed by atoms with Crippen LogP contribution >= 0.6 is 0 Å². The summed E-state index contributed by atoms with van der Waals surface area (Å²) in [4.78, 5) is 0. The predicted molar refractivity (Wildman–Crippen MR) is 144 cm³/mol. The SMILES string of the molecule is C=C(C)CC(COC)c1ccc(C(F)(F)C(F)(F)C2CCC(C3CCC(CCCCC)CC3)CC2)cc1. The molecule has 0 bridgehead atoms. The number of benzene rings is 1. The van der Waals surface area contributed by atoms with E-state index in [1.165, 1.54) is 63.5 Å². The fourth-order valence-corrected chi connectivity index (χ4v) is 6.89. The van der Waals surface area contributed by atoms with Crippen LogP contribution in [-0.2, 0) is 10.7 Å². The van der Waals surface area contributed by atoms with Gasteiger partial charge in [-0.1, -0.05) is 75.3 Å². The average molecular weight is 525 g/mol. The van der Waals surface area contributed by atoms with Crippen LogP contribution in [0.15, 0.2) is 36.4 Å². The minimum absolute atomic E-state index is 0.0348. The number of hydrogen-bond acceptors (Lipinski definition) is 1. The third-order valence-corrected chi connectivity index (χ3v) is 9.18. The first-order valence-electron chi connectivity index (χ1n) is 14.6. The molecule has 2 aliphatic rings. The lowest BCUT2D eigenvalue weighted by Gasteiger charge is -2.41. The van der Waals surface area contributed by atoms with E-state index >= 15 is 17.6 Å². The molecule has 0 saturated heterocycles. The van der Waals surface area contributed by atoms with Crippen molar-refractivity contribution >= 4 is 0 Å². The highest BCUT2D eigenvalue weighted by Gasteiger charge is 2.61. The van der Waals surface area contributed by atoms with E-state index in [-0.39, 0.29) is 18.8 Å². The summed E-state index contributed by atoms with van der Waals surface area (Å²) in [6, 6.07) is 5.44. The molecule has 0 aliphatic heterocycles. The van der Waals surface area contributed by atoms with Gasteiger partial charge in [-0.05, 0) is 75.2 Å². The fraction of sp³-hybridized carbons (Fsp3) is 0.750. The molecular formula is C32H48F4O. The van der Waals surface area contributed by atoms with E-state index in [2.05, 4.69) is 13.5 Å². The van der Waals surface area contributed by atoms with Crippen molar-refractivity contribution in [2.75, 3.05) is 13.7 Å². The van der Waals surface area contributed by atoms with Gasteiger partial charge >= 0.3 is 11.8 Å². The van der Waals surface area contributed by atoms with Crippen molar-refractivity contribution in [3.8, 4) is 0 Å². The van der Waals surface area contributed by atoms with Crippen LogP contribution in [0.4, 0.5) is 17.6 Å². The van der Waals surface area contributed by atoms with Gasteiger partial charge < -0.3 is 4.74 Å². The zero-order valence-corrected chi connectivity index (χ0v) is 23.2. The number of halogens is 4. The average Bonchev–Trinajstić information content (AvgIpc) is 2.89. The molecule has 1 nitrogen and oxygen atoms in total. The summed E-state index contributed by atoms with van der Waals surface area (Å²) in [6.45, 7) is 8.47. The Morgan fingerprint density at radius 2 is 1.49 bits per heavy atom. The largest absolute Gasteiger partial charge is 0.384 e. The molecule has 1 aromatic carbocycles. The molecule has 0 amide bonds. The first-order valence-corrected chi connectivity index (χ1v) is 14.6. The number of ether oxygens (including phenoxy) is 1. The van der Waals surface area contributed by atoms with Crippen LogP contribution in [-0.4, -0.2) is 19.6 Å². The van der Waals surface area contributed by atoms with Gasteiger partial charge in [-0.3, -0.25) is 0 Å². The number of allylic oxidation sites excluding steroid dienone is 1. The summed E-state index contributed by atoms with van der Waals surface area (Å²) in [6.07, 6.45) is 12.4. The number of rotatable bonds is 13. The van der Waals surface area contributed by atoms with Crippen molar-refractivity contribution in [2.24, 2.45) is 23.7 Å². The van der Waals surface area contributed by atoms with Gasteiger partial charge in [-0.15, -0.1) is 6.58 Å². The summed E-state index contributed by atoms with van der Waals surface area (Å²) >= 11 is 0. The Morgan fingerprint density at radius 3 is 2.00 bits per heavy atom. The zero-order valence-electron chi connectivity index (χ0n) is 23.2. The van der Waals surface area contributed by atoms with E-state index in [4.69, 9.17) is 4.74 Å². The Balaban J connectivity index is 1.57. The number of hydrogen-bond donors (Lipinski definition) is 0. The minimum atomic E-state index is -4.19. The molecule has 2 fully saturated rings. The molecule has 1 atom stereocenters. The number of methoxy groups -OCH3 is 1. The molecule has 0 spiro atoms. The summed E-state index contributed by atoms with van der Waals surface area (Å²) in [5.41, 5.74) is 1.16. The minimum Gasteiger partial charge on any atom is -0.384 e. The quantitative estimate of drug-likeness (QED) is 0.142. The van der Waals surface area contributed by atoms with E-state index in [1.807, 2.05) is 6.92 Å². The molecule has 0 heterocycles. The Bertz CT molecular complexity index is 818. The Morgan fingerprint density at radius 1 is 0.919 bits per heavy atom. The summed E-state index contributed by atoms with van der Waals surface area (Å²) in [5.74, 6) is -7.73. The summed E-state index contributed by atoms with van der Waals surface area (Å²) in [7, 11) is 1.59. The molecule has 37 heavy (non-hydrogen) atoms. The van der Waals surface area contributed by atoms with Gasteiger partial charge in [0.2, 0.25) is 0 Å². The first-order chi connectivity index (χ1) is 17.6. The van der Waals surface area contributed by atoms with Crippen molar-refractivity contribution < 1.29 is 22.3 Å². The molecule has 0 N–H and O–H groups in total. The van der Waals surface area contributed by atoms with Crippen molar-refractivity contribution in [1.29, 1.82) is 0 Å². The molecule has 5 heteroatoms. The first kappa shape index (κ1) is 30.2. The Kier molecular flexibility index (Phi) is 11.1. The van der Waals surface area contributed by atoms with E-state index in [0.29, 0.717) is 37.7 Å². The van der Waals surface area contributed by atoms with Crippen LogP contribution in [0.1, 0.15) is 114 Å². The molecular weight excluding hydrogens is 476 g/mol. The van der Waals surface area contributed by atoms with Crippen molar-refractivity contribution in [3.05, 3.63) is 47.5 Å². The second kappa shape index (κ2) is 13.6. The Hall–Kier alpha value is -1.36. The van der Waals surface area contributed by atoms with Crippen molar-refractivity contribution in [3.63, 3.8) is 0 Å². The maximum Gasteiger partial charge on any atom is 0.335 e. The van der Waals surface area contributed by atoms with E-state index in [9.17, 15) is 0 Å². The smallest absolute Gasteiger partial charge is 0.335 e. The predicted octanol–water partition coefficient (Wildman–Crippen LogP) is 10.3. The normalized spacial score (nSPS) is 26.1. The highest BCUT2D eigenvalue weighted by Crippen LogP contribution is 2.53. The highest BCUT2D eigenvalue weighted by molar-refractivity contribution is 5.30. The fourth-order valence-electron chi connectivity index (χ4n) is 6.89. The van der Waals surface area contributed by atoms with Gasteiger partial charge in [-0.2, -0.15) is 17.6 Å². The molecule has 0 aromatic heterocycles. The standard InChI is InChI=1S/C32H48F4O/c1-5-6-7-8-24-9-11-25(12-10-24)26-13-17-29(18-14-26)31(33,34)32(35,36)30-19-15-27(16-20-30)28(22-37-4)21-23(2)3/h15-16,19-20,24-26,28-29H,2,5-14,17-18,21-22H2,1,3-4H3. The van der Waals surface area contributed by atoms with Crippen LogP contribution in [0.25, 0.3) is 0 Å². The van der Waals surface area contributed by atoms with Crippen molar-refractivity contribution in [2.45, 2.75) is 115 Å². The second-order valence-electron chi connectivity index (χ2n) is 12.0. The van der Waals surface area contributed by atoms with Crippen LogP contribution in [0.3, 0.4) is 0 Å². The highest BCUT2D eigenvalue weighted by atomic mass is 19.3. The number of unbranched alkanes of at least 4 members (excludes halogenated alkanes) is 2. The topological polar surface area (TPSA) is 9.23 Å². The molecule has 1 aromatic rings. The van der Waals surface area contributed by atoms with Gasteiger partial charge in [0.25, 0.3) is 0 Å². The van der Waals surface area contributed by atoms with E-state index in [1.54, 1.807) is 19.2 Å². The zero-order chi connectivity index (χ0) is 27.1. The molecule has 0 radical (unpaired) electrons. The van der Waals surface area contributed by atoms with Gasteiger partial charge in [-0.25, -0.2) is 0 Å². The molecule has 2 saturated carbocycles. The van der Waals surface area contributed by atoms with Gasteiger partial charge in [0, 0.05) is 24.5 Å². The monoisotopic (exact) mass is 524 g/mol. The third-order valence-electron chi connectivity index (χ3n) is 9.18. The molecule has 210 valence electrons. The third kappa shape index (κ3) is 7.61. The maximum absolute atomic E-state index is 15.3. The molecule has 1 unspecified atom stereocenters. The maximum atomic E-state index is 15.3. The van der Waals surface area contributed by atoms with Crippen LogP contribution in [0.5, 0.6) is 0 Å². The summed E-state index contributed by atoms with van der Waals surface area (Å²) < 4.78 is 66.4. The van der Waals surface area contributed by atoms with Crippen LogP contribution in [0.2, 0.25) is 0 Å². The van der Waals surface area contributed by atoms with Gasteiger partial charge in [0.15, 0.2) is 0 Å².